The van der Waals surface area contributed by atoms with Gasteiger partial charge in [0.25, 0.3) is 0 Å². The summed E-state index contributed by atoms with van der Waals surface area (Å²) >= 11 is 0. The van der Waals surface area contributed by atoms with Crippen molar-refractivity contribution in [2.45, 2.75) is 33.4 Å². The van der Waals surface area contributed by atoms with Crippen molar-refractivity contribution in [1.82, 2.24) is 24.5 Å². The third kappa shape index (κ3) is 2.72. The van der Waals surface area contributed by atoms with E-state index in [9.17, 15) is 0 Å². The van der Waals surface area contributed by atoms with Crippen LogP contribution in [0.4, 0.5) is 0 Å². The topological polar surface area (TPSA) is 107 Å². The Bertz CT molecular complexity index is 584. The predicted octanol–water partition coefficient (Wildman–Crippen LogP) is 0.200. The Hall–Kier alpha value is -2.38. The molecule has 0 aliphatic heterocycles. The molecular formula is C11H17N7O. The zero-order valence-electron chi connectivity index (χ0n) is 11.0. The molecule has 2 aromatic heterocycles. The molecule has 0 saturated carbocycles. The molecule has 0 fully saturated rings. The van der Waals surface area contributed by atoms with Crippen LogP contribution < -0.4 is 5.73 Å². The number of nitrogens with zero attached hydrogens (tertiary/aromatic N) is 6. The Morgan fingerprint density at radius 3 is 2.84 bits per heavy atom. The number of nitrogens with two attached hydrogens (primary N) is 1. The number of rotatable bonds is 5. The van der Waals surface area contributed by atoms with E-state index >= 15 is 0 Å². The summed E-state index contributed by atoms with van der Waals surface area (Å²) in [7, 11) is 0. The van der Waals surface area contributed by atoms with Crippen molar-refractivity contribution in [2.75, 3.05) is 0 Å². The lowest BCUT2D eigenvalue weighted by Gasteiger charge is -2.03. The van der Waals surface area contributed by atoms with Crippen LogP contribution in [0.5, 0.6) is 0 Å². The SMILES string of the molecule is CCc1cc(Cn2cnc(C(N)=NO)n2)n(CC)n1. The molecule has 8 nitrogen and oxygen atoms in total. The van der Waals surface area contributed by atoms with Gasteiger partial charge in [-0.25, -0.2) is 9.67 Å². The summed E-state index contributed by atoms with van der Waals surface area (Å²) in [6, 6.07) is 2.05. The maximum absolute atomic E-state index is 8.56. The predicted molar refractivity (Wildman–Crippen MR) is 68.9 cm³/mol. The minimum absolute atomic E-state index is 0.100. The van der Waals surface area contributed by atoms with Crippen molar-refractivity contribution in [2.24, 2.45) is 10.9 Å². The van der Waals surface area contributed by atoms with Crippen LogP contribution in [0.2, 0.25) is 0 Å². The van der Waals surface area contributed by atoms with Crippen LogP contribution in [0.1, 0.15) is 31.1 Å². The van der Waals surface area contributed by atoms with Crippen molar-refractivity contribution in [1.29, 1.82) is 0 Å². The standard InChI is InChI=1S/C11H17N7O/c1-3-8-5-9(18(4-2)14-8)6-17-7-13-11(15-17)10(12)16-19/h5,7,19H,3-4,6H2,1-2H3,(H2,12,16). The third-order valence-corrected chi connectivity index (χ3v) is 2.77. The monoisotopic (exact) mass is 263 g/mol. The summed E-state index contributed by atoms with van der Waals surface area (Å²) in [5, 5.41) is 20.0. The lowest BCUT2D eigenvalue weighted by atomic mass is 10.3. The van der Waals surface area contributed by atoms with Crippen LogP contribution in [-0.4, -0.2) is 35.6 Å². The smallest absolute Gasteiger partial charge is 0.219 e. The molecule has 2 rings (SSSR count). The number of amidine groups is 1. The van der Waals surface area contributed by atoms with Crippen LogP contribution in [-0.2, 0) is 19.5 Å². The molecule has 2 heterocycles. The van der Waals surface area contributed by atoms with E-state index in [2.05, 4.69) is 27.3 Å². The third-order valence-electron chi connectivity index (χ3n) is 2.77. The average molecular weight is 263 g/mol. The first-order valence-electron chi connectivity index (χ1n) is 6.10. The molecule has 3 N–H and O–H groups in total. The fourth-order valence-electron chi connectivity index (χ4n) is 1.79. The molecule has 0 amide bonds. The van der Waals surface area contributed by atoms with Gasteiger partial charge in [-0.3, -0.25) is 4.68 Å². The Labute approximate surface area is 110 Å². The summed E-state index contributed by atoms with van der Waals surface area (Å²) in [6.45, 7) is 5.46. The molecule has 0 atom stereocenters. The van der Waals surface area contributed by atoms with Gasteiger partial charge in [-0.15, -0.1) is 5.10 Å². The van der Waals surface area contributed by atoms with Gasteiger partial charge in [0, 0.05) is 6.54 Å². The van der Waals surface area contributed by atoms with E-state index < -0.39 is 0 Å². The minimum atomic E-state index is -0.100. The van der Waals surface area contributed by atoms with E-state index in [-0.39, 0.29) is 11.7 Å². The van der Waals surface area contributed by atoms with Gasteiger partial charge in [-0.05, 0) is 19.4 Å². The lowest BCUT2D eigenvalue weighted by molar-refractivity contribution is 0.318. The first-order chi connectivity index (χ1) is 9.17. The Morgan fingerprint density at radius 2 is 2.21 bits per heavy atom. The fraction of sp³-hybridized carbons (Fsp3) is 0.455. The average Bonchev–Trinajstić information content (AvgIpc) is 3.05. The maximum atomic E-state index is 8.56. The molecule has 0 aromatic carbocycles. The van der Waals surface area contributed by atoms with Crippen LogP contribution in [0.15, 0.2) is 17.5 Å². The number of oxime groups is 1. The number of hydrogen-bond donors (Lipinski definition) is 2. The van der Waals surface area contributed by atoms with Crippen LogP contribution in [0, 0.1) is 0 Å². The number of aromatic nitrogens is 5. The Balaban J connectivity index is 2.21. The van der Waals surface area contributed by atoms with Gasteiger partial charge < -0.3 is 10.9 Å². The molecule has 19 heavy (non-hydrogen) atoms. The van der Waals surface area contributed by atoms with E-state index in [0.717, 1.165) is 24.4 Å². The number of aryl methyl sites for hydroxylation is 2. The minimum Gasteiger partial charge on any atom is -0.409 e. The van der Waals surface area contributed by atoms with Crippen LogP contribution >= 0.6 is 0 Å². The van der Waals surface area contributed by atoms with Gasteiger partial charge in [-0.2, -0.15) is 5.10 Å². The van der Waals surface area contributed by atoms with Crippen LogP contribution in [0.25, 0.3) is 0 Å². The maximum Gasteiger partial charge on any atom is 0.219 e. The molecule has 0 spiro atoms. The summed E-state index contributed by atoms with van der Waals surface area (Å²) < 4.78 is 3.57. The molecule has 0 aliphatic carbocycles. The fourth-order valence-corrected chi connectivity index (χ4v) is 1.79. The second-order valence-corrected chi connectivity index (χ2v) is 4.05. The zero-order chi connectivity index (χ0) is 13.8. The first kappa shape index (κ1) is 13.1. The highest BCUT2D eigenvalue weighted by atomic mass is 16.4. The summed E-state index contributed by atoms with van der Waals surface area (Å²) in [5.41, 5.74) is 7.53. The molecule has 2 aromatic rings. The molecule has 0 unspecified atom stereocenters. The van der Waals surface area contributed by atoms with Crippen molar-refractivity contribution in [3.8, 4) is 0 Å². The van der Waals surface area contributed by atoms with Crippen molar-refractivity contribution >= 4 is 5.84 Å². The zero-order valence-corrected chi connectivity index (χ0v) is 11.0. The molecule has 0 saturated heterocycles. The largest absolute Gasteiger partial charge is 0.409 e. The van der Waals surface area contributed by atoms with Gasteiger partial charge in [0.2, 0.25) is 11.7 Å². The molecular weight excluding hydrogens is 246 g/mol. The van der Waals surface area contributed by atoms with Crippen molar-refractivity contribution < 1.29 is 5.21 Å². The summed E-state index contributed by atoms with van der Waals surface area (Å²) in [4.78, 5) is 3.97. The van der Waals surface area contributed by atoms with Crippen molar-refractivity contribution in [3.63, 3.8) is 0 Å². The first-order valence-corrected chi connectivity index (χ1v) is 6.10. The Morgan fingerprint density at radius 1 is 1.42 bits per heavy atom. The van der Waals surface area contributed by atoms with E-state index in [1.165, 1.54) is 0 Å². The van der Waals surface area contributed by atoms with Crippen molar-refractivity contribution in [3.05, 3.63) is 29.6 Å². The molecule has 8 heteroatoms. The van der Waals surface area contributed by atoms with Crippen LogP contribution in [0.3, 0.4) is 0 Å². The highest BCUT2D eigenvalue weighted by Crippen LogP contribution is 2.07. The van der Waals surface area contributed by atoms with Gasteiger partial charge in [0.05, 0.1) is 17.9 Å². The number of hydrogen-bond acceptors (Lipinski definition) is 5. The summed E-state index contributed by atoms with van der Waals surface area (Å²) in [6.07, 6.45) is 2.44. The molecule has 0 radical (unpaired) electrons. The van der Waals surface area contributed by atoms with E-state index in [4.69, 9.17) is 10.9 Å². The normalized spacial score (nSPS) is 12.0. The van der Waals surface area contributed by atoms with E-state index in [0.29, 0.717) is 6.54 Å². The second kappa shape index (κ2) is 5.51. The molecule has 102 valence electrons. The van der Waals surface area contributed by atoms with E-state index in [1.807, 2.05) is 17.7 Å². The van der Waals surface area contributed by atoms with E-state index in [1.54, 1.807) is 11.0 Å². The Kier molecular flexibility index (Phi) is 3.79. The molecule has 0 bridgehead atoms. The van der Waals surface area contributed by atoms with Gasteiger partial charge in [0.15, 0.2) is 0 Å². The quantitative estimate of drug-likeness (QED) is 0.347. The summed E-state index contributed by atoms with van der Waals surface area (Å²) in [5.74, 6) is 0.109. The highest BCUT2D eigenvalue weighted by molar-refractivity contribution is 5.93. The highest BCUT2D eigenvalue weighted by Gasteiger charge is 2.09. The lowest BCUT2D eigenvalue weighted by Crippen LogP contribution is -2.16. The molecule has 0 aliphatic rings. The van der Waals surface area contributed by atoms with Gasteiger partial charge in [0.1, 0.15) is 6.33 Å². The second-order valence-electron chi connectivity index (χ2n) is 4.05. The van der Waals surface area contributed by atoms with Gasteiger partial charge >= 0.3 is 0 Å². The van der Waals surface area contributed by atoms with Gasteiger partial charge in [-0.1, -0.05) is 12.1 Å².